The summed E-state index contributed by atoms with van der Waals surface area (Å²) in [5.41, 5.74) is 5.17. The Morgan fingerprint density at radius 3 is 2.35 bits per heavy atom. The number of carbonyl (C=O) groups excluding carboxylic acids is 1. The first-order chi connectivity index (χ1) is 15.0. The van der Waals surface area contributed by atoms with Crippen molar-refractivity contribution < 1.29 is 19.4 Å². The Balaban J connectivity index is 1.45. The number of ether oxygens (including phenoxy) is 1. The molecular formula is C23H22BrN3O4. The second-order valence-electron chi connectivity index (χ2n) is 7.32. The van der Waals surface area contributed by atoms with Gasteiger partial charge >= 0.3 is 12.1 Å². The molecular weight excluding hydrogens is 462 g/mol. The number of nitrogens with one attached hydrogen (secondary N) is 1. The van der Waals surface area contributed by atoms with Gasteiger partial charge in [-0.05, 0) is 45.1 Å². The number of aliphatic carboxylic acids is 1. The lowest BCUT2D eigenvalue weighted by Gasteiger charge is -2.18. The fourth-order valence-electron chi connectivity index (χ4n) is 4.04. The zero-order chi connectivity index (χ0) is 22.0. The SMILES string of the molecule is CCn1ncc(Br)c1CC(NC(=O)OCC1c2ccccc2-c2ccccc21)C(=O)O. The van der Waals surface area contributed by atoms with E-state index >= 15 is 0 Å². The summed E-state index contributed by atoms with van der Waals surface area (Å²) in [6, 6.07) is 15.0. The first-order valence-electron chi connectivity index (χ1n) is 10.0. The monoisotopic (exact) mass is 483 g/mol. The quantitative estimate of drug-likeness (QED) is 0.525. The molecule has 0 saturated heterocycles. The number of fused-ring (bicyclic) bond motifs is 3. The van der Waals surface area contributed by atoms with Gasteiger partial charge in [0, 0.05) is 18.9 Å². The van der Waals surface area contributed by atoms with Gasteiger partial charge in [0.05, 0.1) is 16.4 Å². The highest BCUT2D eigenvalue weighted by atomic mass is 79.9. The molecule has 1 amide bonds. The maximum absolute atomic E-state index is 12.5. The maximum Gasteiger partial charge on any atom is 0.407 e. The number of alkyl carbamates (subject to hydrolysis) is 1. The Morgan fingerprint density at radius 1 is 1.16 bits per heavy atom. The van der Waals surface area contributed by atoms with Crippen molar-refractivity contribution in [2.24, 2.45) is 0 Å². The molecule has 1 heterocycles. The lowest BCUT2D eigenvalue weighted by Crippen LogP contribution is -2.43. The lowest BCUT2D eigenvalue weighted by molar-refractivity contribution is -0.139. The number of carbonyl (C=O) groups is 2. The van der Waals surface area contributed by atoms with E-state index in [1.54, 1.807) is 10.9 Å². The van der Waals surface area contributed by atoms with E-state index in [1.807, 2.05) is 43.3 Å². The number of hydrogen-bond donors (Lipinski definition) is 2. The van der Waals surface area contributed by atoms with E-state index in [1.165, 1.54) is 0 Å². The molecule has 160 valence electrons. The highest BCUT2D eigenvalue weighted by Gasteiger charge is 2.30. The van der Waals surface area contributed by atoms with E-state index in [9.17, 15) is 14.7 Å². The highest BCUT2D eigenvalue weighted by molar-refractivity contribution is 9.10. The van der Waals surface area contributed by atoms with Gasteiger partial charge in [0.2, 0.25) is 0 Å². The number of carboxylic acid groups (broad SMARTS) is 1. The number of rotatable bonds is 7. The normalized spacial score (nSPS) is 13.4. The molecule has 0 saturated carbocycles. The molecule has 2 N–H and O–H groups in total. The van der Waals surface area contributed by atoms with E-state index in [2.05, 4.69) is 38.5 Å². The van der Waals surface area contributed by atoms with Crippen molar-refractivity contribution in [2.75, 3.05) is 6.61 Å². The first kappa shape index (κ1) is 21.1. The Bertz CT molecular complexity index is 1080. The van der Waals surface area contributed by atoms with E-state index in [-0.39, 0.29) is 18.9 Å². The van der Waals surface area contributed by atoms with Gasteiger partial charge in [-0.15, -0.1) is 0 Å². The van der Waals surface area contributed by atoms with Crippen LogP contribution >= 0.6 is 15.9 Å². The molecule has 1 aromatic heterocycles. The summed E-state index contributed by atoms with van der Waals surface area (Å²) < 4.78 is 7.88. The van der Waals surface area contributed by atoms with Crippen molar-refractivity contribution >= 4 is 28.0 Å². The van der Waals surface area contributed by atoms with Crippen LogP contribution in [0, 0.1) is 0 Å². The van der Waals surface area contributed by atoms with Gasteiger partial charge in [0.25, 0.3) is 0 Å². The minimum Gasteiger partial charge on any atom is -0.480 e. The zero-order valence-corrected chi connectivity index (χ0v) is 18.5. The standard InChI is InChI=1S/C23H22BrN3O4/c1-2-27-21(19(24)12-25-27)11-20(22(28)29)26-23(30)31-13-18-16-9-5-3-7-14(16)15-8-4-6-10-17(15)18/h3-10,12,18,20H,2,11,13H2,1H3,(H,26,30)(H,28,29). The van der Waals surface area contributed by atoms with Gasteiger partial charge in [-0.1, -0.05) is 48.5 Å². The van der Waals surface area contributed by atoms with Gasteiger partial charge < -0.3 is 15.2 Å². The predicted molar refractivity (Wildman–Crippen MR) is 119 cm³/mol. The number of nitrogens with zero attached hydrogens (tertiary/aromatic N) is 2. The molecule has 1 aliphatic carbocycles. The van der Waals surface area contributed by atoms with Crippen molar-refractivity contribution in [2.45, 2.75) is 31.8 Å². The van der Waals surface area contributed by atoms with Gasteiger partial charge in [0.1, 0.15) is 12.6 Å². The summed E-state index contributed by atoms with van der Waals surface area (Å²) in [5, 5.41) is 16.3. The number of aryl methyl sites for hydroxylation is 1. The molecule has 0 spiro atoms. The van der Waals surface area contributed by atoms with Gasteiger partial charge in [-0.25, -0.2) is 9.59 Å². The molecule has 1 atom stereocenters. The van der Waals surface area contributed by atoms with Crippen LogP contribution in [0.2, 0.25) is 0 Å². The number of carboxylic acids is 1. The van der Waals surface area contributed by atoms with E-state index < -0.39 is 18.1 Å². The molecule has 7 nitrogen and oxygen atoms in total. The molecule has 0 aliphatic heterocycles. The van der Waals surface area contributed by atoms with Gasteiger partial charge in [0.15, 0.2) is 0 Å². The number of benzene rings is 2. The van der Waals surface area contributed by atoms with Crippen LogP contribution in [-0.4, -0.2) is 39.6 Å². The zero-order valence-electron chi connectivity index (χ0n) is 16.9. The minimum atomic E-state index is -1.13. The molecule has 0 fully saturated rings. The topological polar surface area (TPSA) is 93.5 Å². The van der Waals surface area contributed by atoms with E-state index in [0.717, 1.165) is 22.3 Å². The molecule has 0 bridgehead atoms. The summed E-state index contributed by atoms with van der Waals surface area (Å²) in [6.07, 6.45) is 0.951. The van der Waals surface area contributed by atoms with E-state index in [0.29, 0.717) is 16.7 Å². The molecule has 31 heavy (non-hydrogen) atoms. The van der Waals surface area contributed by atoms with E-state index in [4.69, 9.17) is 4.74 Å². The van der Waals surface area contributed by atoms with Crippen LogP contribution in [-0.2, 0) is 22.5 Å². The van der Waals surface area contributed by atoms with Crippen LogP contribution in [0.1, 0.15) is 29.7 Å². The lowest BCUT2D eigenvalue weighted by atomic mass is 9.98. The Morgan fingerprint density at radius 2 is 1.77 bits per heavy atom. The molecule has 8 heteroatoms. The van der Waals surface area contributed by atoms with Crippen molar-refractivity contribution in [1.29, 1.82) is 0 Å². The number of hydrogen-bond acceptors (Lipinski definition) is 4. The summed E-state index contributed by atoms with van der Waals surface area (Å²) in [4.78, 5) is 24.2. The average Bonchev–Trinajstić information content (AvgIpc) is 3.29. The van der Waals surface area contributed by atoms with Crippen molar-refractivity contribution in [3.63, 3.8) is 0 Å². The second kappa shape index (κ2) is 8.93. The summed E-state index contributed by atoms with van der Waals surface area (Å²) in [7, 11) is 0. The Hall–Kier alpha value is -3.13. The summed E-state index contributed by atoms with van der Waals surface area (Å²) in [5.74, 6) is -1.22. The Kier molecular flexibility index (Phi) is 6.08. The maximum atomic E-state index is 12.5. The third-order valence-corrected chi connectivity index (χ3v) is 6.19. The largest absolute Gasteiger partial charge is 0.480 e. The smallest absolute Gasteiger partial charge is 0.407 e. The highest BCUT2D eigenvalue weighted by Crippen LogP contribution is 2.44. The summed E-state index contributed by atoms with van der Waals surface area (Å²) in [6.45, 7) is 2.64. The fourth-order valence-corrected chi connectivity index (χ4v) is 4.50. The van der Waals surface area contributed by atoms with Crippen molar-refractivity contribution in [1.82, 2.24) is 15.1 Å². The van der Waals surface area contributed by atoms with Crippen LogP contribution in [0.4, 0.5) is 4.79 Å². The van der Waals surface area contributed by atoms with Crippen molar-refractivity contribution in [3.8, 4) is 11.1 Å². The van der Waals surface area contributed by atoms with Crippen LogP contribution in [0.5, 0.6) is 0 Å². The van der Waals surface area contributed by atoms with Crippen LogP contribution in [0.25, 0.3) is 11.1 Å². The number of aromatic nitrogens is 2. The molecule has 4 rings (SSSR count). The minimum absolute atomic E-state index is 0.0860. The Labute approximate surface area is 188 Å². The molecule has 1 aliphatic rings. The van der Waals surface area contributed by atoms with Crippen LogP contribution in [0.3, 0.4) is 0 Å². The molecule has 3 aromatic rings. The van der Waals surface area contributed by atoms with Gasteiger partial charge in [-0.3, -0.25) is 4.68 Å². The van der Waals surface area contributed by atoms with Crippen LogP contribution in [0.15, 0.2) is 59.2 Å². The third kappa shape index (κ3) is 4.20. The average molecular weight is 484 g/mol. The van der Waals surface area contributed by atoms with Crippen molar-refractivity contribution in [3.05, 3.63) is 76.0 Å². The molecule has 0 radical (unpaired) electrons. The molecule has 1 unspecified atom stereocenters. The number of halogens is 1. The molecule has 2 aromatic carbocycles. The second-order valence-corrected chi connectivity index (χ2v) is 8.17. The fraction of sp³-hybridized carbons (Fsp3) is 0.261. The third-order valence-electron chi connectivity index (χ3n) is 5.53. The summed E-state index contributed by atoms with van der Waals surface area (Å²) >= 11 is 3.39. The van der Waals surface area contributed by atoms with Gasteiger partial charge in [-0.2, -0.15) is 5.10 Å². The number of amides is 1. The predicted octanol–water partition coefficient (Wildman–Crippen LogP) is 4.20. The van der Waals surface area contributed by atoms with Crippen LogP contribution < -0.4 is 5.32 Å². The first-order valence-corrected chi connectivity index (χ1v) is 10.8.